The lowest BCUT2D eigenvalue weighted by molar-refractivity contribution is 0.521. The van der Waals surface area contributed by atoms with Crippen LogP contribution < -0.4 is 10.6 Å². The summed E-state index contributed by atoms with van der Waals surface area (Å²) in [7, 11) is -0.417. The second-order valence-electron chi connectivity index (χ2n) is 5.81. The number of nitrogens with zero attached hydrogens (tertiary/aromatic N) is 1. The van der Waals surface area contributed by atoms with Crippen LogP contribution in [0, 0.1) is 0 Å². The molecule has 0 radical (unpaired) electrons. The molecular formula is C16H27N3O2S2. The summed E-state index contributed by atoms with van der Waals surface area (Å²) in [5.74, 6) is 0. The standard InChI is InChI=1S/C16H27N3O2S2/c1-5-6-7-9-13(2)17-16(22)18-14-10-8-11-15(12-14)23(20,21)19(3)4/h8,10-13H,5-7,9H2,1-4H3,(H2,17,18,22)/t13-/m0/s1. The molecule has 0 saturated heterocycles. The van der Waals surface area contributed by atoms with Crippen LogP contribution in [-0.4, -0.2) is 38.0 Å². The largest absolute Gasteiger partial charge is 0.360 e. The quantitative estimate of drug-likeness (QED) is 0.553. The number of sulfonamides is 1. The van der Waals surface area contributed by atoms with Crippen LogP contribution in [-0.2, 0) is 10.0 Å². The van der Waals surface area contributed by atoms with Crippen LogP contribution in [0.5, 0.6) is 0 Å². The fourth-order valence-corrected chi connectivity index (χ4v) is 3.38. The van der Waals surface area contributed by atoms with Crippen molar-refractivity contribution in [3.05, 3.63) is 24.3 Å². The molecule has 0 spiro atoms. The number of hydrogen-bond donors (Lipinski definition) is 2. The van der Waals surface area contributed by atoms with Gasteiger partial charge in [0.1, 0.15) is 0 Å². The van der Waals surface area contributed by atoms with Crippen molar-refractivity contribution in [2.45, 2.75) is 50.5 Å². The summed E-state index contributed by atoms with van der Waals surface area (Å²) in [6, 6.07) is 6.95. The smallest absolute Gasteiger partial charge is 0.242 e. The van der Waals surface area contributed by atoms with E-state index in [1.165, 1.54) is 37.7 Å². The Morgan fingerprint density at radius 2 is 2.00 bits per heavy atom. The fourth-order valence-electron chi connectivity index (χ4n) is 2.11. The minimum Gasteiger partial charge on any atom is -0.360 e. The second kappa shape index (κ2) is 9.20. The third kappa shape index (κ3) is 6.45. The lowest BCUT2D eigenvalue weighted by atomic mass is 10.1. The maximum absolute atomic E-state index is 12.1. The van der Waals surface area contributed by atoms with Gasteiger partial charge in [-0.1, -0.05) is 32.3 Å². The first-order valence-corrected chi connectivity index (χ1v) is 9.72. The van der Waals surface area contributed by atoms with Gasteiger partial charge in [0.15, 0.2) is 5.11 Å². The molecule has 0 amide bonds. The Balaban J connectivity index is 2.66. The summed E-state index contributed by atoms with van der Waals surface area (Å²) in [6.07, 6.45) is 4.65. The average Bonchev–Trinajstić information content (AvgIpc) is 2.47. The fraction of sp³-hybridized carbons (Fsp3) is 0.562. The van der Waals surface area contributed by atoms with Crippen molar-refractivity contribution in [1.82, 2.24) is 9.62 Å². The highest BCUT2D eigenvalue weighted by molar-refractivity contribution is 7.89. The number of benzene rings is 1. The van der Waals surface area contributed by atoms with Crippen LogP contribution >= 0.6 is 12.2 Å². The number of anilines is 1. The van der Waals surface area contributed by atoms with Gasteiger partial charge in [0, 0.05) is 25.8 Å². The first-order chi connectivity index (χ1) is 10.8. The van der Waals surface area contributed by atoms with E-state index in [9.17, 15) is 8.42 Å². The summed E-state index contributed by atoms with van der Waals surface area (Å²) in [5.41, 5.74) is 0.659. The van der Waals surface area contributed by atoms with Gasteiger partial charge >= 0.3 is 0 Å². The van der Waals surface area contributed by atoms with Gasteiger partial charge in [-0.05, 0) is 43.8 Å². The number of hydrogen-bond acceptors (Lipinski definition) is 3. The molecule has 130 valence electrons. The van der Waals surface area contributed by atoms with Gasteiger partial charge in [0.05, 0.1) is 4.90 Å². The van der Waals surface area contributed by atoms with Gasteiger partial charge < -0.3 is 10.6 Å². The van der Waals surface area contributed by atoms with Gasteiger partial charge in [-0.3, -0.25) is 0 Å². The Morgan fingerprint density at radius 3 is 2.61 bits per heavy atom. The predicted molar refractivity (Wildman–Crippen MR) is 100 cm³/mol. The maximum atomic E-state index is 12.1. The summed E-state index contributed by atoms with van der Waals surface area (Å²) in [6.45, 7) is 4.27. The Labute approximate surface area is 145 Å². The normalized spacial score (nSPS) is 12.9. The van der Waals surface area contributed by atoms with E-state index in [1.54, 1.807) is 24.3 Å². The SMILES string of the molecule is CCCCC[C@H](C)NC(=S)Nc1cccc(S(=O)(=O)N(C)C)c1. The lowest BCUT2D eigenvalue weighted by Crippen LogP contribution is -2.35. The van der Waals surface area contributed by atoms with Crippen molar-refractivity contribution in [1.29, 1.82) is 0 Å². The molecule has 0 aliphatic heterocycles. The summed E-state index contributed by atoms with van der Waals surface area (Å²) >= 11 is 5.30. The Bertz CT molecular complexity index is 616. The Hall–Kier alpha value is -1.18. The average molecular weight is 358 g/mol. The van der Waals surface area contributed by atoms with Gasteiger partial charge in [0.2, 0.25) is 10.0 Å². The third-order valence-corrected chi connectivity index (χ3v) is 5.52. The van der Waals surface area contributed by atoms with Crippen LogP contribution in [0.4, 0.5) is 5.69 Å². The number of nitrogens with one attached hydrogen (secondary N) is 2. The molecule has 1 aromatic rings. The van der Waals surface area contributed by atoms with Crippen LogP contribution in [0.3, 0.4) is 0 Å². The van der Waals surface area contributed by atoms with Crippen LogP contribution in [0.2, 0.25) is 0 Å². The molecule has 0 aliphatic carbocycles. The van der Waals surface area contributed by atoms with E-state index < -0.39 is 10.0 Å². The number of thiocarbonyl (C=S) groups is 1. The molecule has 1 rings (SSSR count). The van der Waals surface area contributed by atoms with Crippen LogP contribution in [0.15, 0.2) is 29.2 Å². The topological polar surface area (TPSA) is 61.4 Å². The molecule has 5 nitrogen and oxygen atoms in total. The molecule has 0 bridgehead atoms. The molecule has 0 fully saturated rings. The molecule has 0 saturated carbocycles. The zero-order chi connectivity index (χ0) is 17.5. The van der Waals surface area contributed by atoms with Gasteiger partial charge in [-0.2, -0.15) is 0 Å². The van der Waals surface area contributed by atoms with E-state index >= 15 is 0 Å². The van der Waals surface area contributed by atoms with Crippen LogP contribution in [0.25, 0.3) is 0 Å². The van der Waals surface area contributed by atoms with Crippen molar-refractivity contribution in [3.63, 3.8) is 0 Å². The molecular weight excluding hydrogens is 330 g/mol. The molecule has 7 heteroatoms. The minimum absolute atomic E-state index is 0.242. The van der Waals surface area contributed by atoms with E-state index in [0.29, 0.717) is 10.8 Å². The third-order valence-electron chi connectivity index (χ3n) is 3.49. The van der Waals surface area contributed by atoms with Crippen molar-refractivity contribution in [2.24, 2.45) is 0 Å². The van der Waals surface area contributed by atoms with Gasteiger partial charge in [-0.25, -0.2) is 12.7 Å². The van der Waals surface area contributed by atoms with Crippen molar-refractivity contribution < 1.29 is 8.42 Å². The van der Waals surface area contributed by atoms with E-state index in [2.05, 4.69) is 24.5 Å². The Morgan fingerprint density at radius 1 is 1.30 bits per heavy atom. The zero-order valence-electron chi connectivity index (χ0n) is 14.3. The molecule has 1 aromatic carbocycles. The molecule has 2 N–H and O–H groups in total. The van der Waals surface area contributed by atoms with Crippen LogP contribution in [0.1, 0.15) is 39.5 Å². The highest BCUT2D eigenvalue weighted by atomic mass is 32.2. The summed E-state index contributed by atoms with van der Waals surface area (Å²) in [5, 5.41) is 6.79. The second-order valence-corrected chi connectivity index (χ2v) is 8.37. The van der Waals surface area contributed by atoms with E-state index in [-0.39, 0.29) is 10.9 Å². The van der Waals surface area contributed by atoms with E-state index in [1.807, 2.05) is 0 Å². The van der Waals surface area contributed by atoms with Gasteiger partial charge in [0.25, 0.3) is 0 Å². The molecule has 0 unspecified atom stereocenters. The highest BCUT2D eigenvalue weighted by Gasteiger charge is 2.17. The van der Waals surface area contributed by atoms with Crippen molar-refractivity contribution in [2.75, 3.05) is 19.4 Å². The molecule has 23 heavy (non-hydrogen) atoms. The Kier molecular flexibility index (Phi) is 7.94. The number of rotatable bonds is 8. The van der Waals surface area contributed by atoms with E-state index in [4.69, 9.17) is 12.2 Å². The lowest BCUT2D eigenvalue weighted by Gasteiger charge is -2.17. The first-order valence-electron chi connectivity index (χ1n) is 7.87. The van der Waals surface area contributed by atoms with Crippen molar-refractivity contribution >= 4 is 33.0 Å². The monoisotopic (exact) mass is 357 g/mol. The molecule has 0 aromatic heterocycles. The highest BCUT2D eigenvalue weighted by Crippen LogP contribution is 2.18. The van der Waals surface area contributed by atoms with Crippen molar-refractivity contribution in [3.8, 4) is 0 Å². The number of unbranched alkanes of at least 4 members (excludes halogenated alkanes) is 2. The predicted octanol–water partition coefficient (Wildman–Crippen LogP) is 3.19. The molecule has 1 atom stereocenters. The summed E-state index contributed by atoms with van der Waals surface area (Å²) < 4.78 is 25.5. The zero-order valence-corrected chi connectivity index (χ0v) is 15.9. The minimum atomic E-state index is -3.44. The van der Waals surface area contributed by atoms with Gasteiger partial charge in [-0.15, -0.1) is 0 Å². The maximum Gasteiger partial charge on any atom is 0.242 e. The van der Waals surface area contributed by atoms with E-state index in [0.717, 1.165) is 6.42 Å². The molecule has 0 aliphatic rings. The molecule has 0 heterocycles. The summed E-state index contributed by atoms with van der Waals surface area (Å²) in [4.78, 5) is 0.242. The first kappa shape index (κ1) is 19.9.